The number of ether oxygens (including phenoxy) is 2. The first kappa shape index (κ1) is 23.5. The summed E-state index contributed by atoms with van der Waals surface area (Å²) >= 11 is 12.7. The number of methoxy groups -OCH3 is 2. The zero-order valence-electron chi connectivity index (χ0n) is 17.9. The van der Waals surface area contributed by atoms with Crippen molar-refractivity contribution in [3.05, 3.63) is 65.7 Å². The van der Waals surface area contributed by atoms with Gasteiger partial charge in [-0.2, -0.15) is 0 Å². The monoisotopic (exact) mass is 515 g/mol. The van der Waals surface area contributed by atoms with E-state index in [2.05, 4.69) is 25.5 Å². The minimum atomic E-state index is -0.369. The fourth-order valence-corrected chi connectivity index (χ4v) is 4.11. The number of hydrogen-bond donors (Lipinski definition) is 3. The number of rotatable bonds is 7. The topological polar surface area (TPSA) is 111 Å². The molecule has 2 aromatic heterocycles. The number of hydrogen-bond acceptors (Lipinski definition) is 8. The van der Waals surface area contributed by atoms with Gasteiger partial charge in [0, 0.05) is 23.0 Å². The molecule has 0 fully saturated rings. The van der Waals surface area contributed by atoms with Crippen LogP contribution in [0.3, 0.4) is 0 Å². The number of carbonyl (C=O) groups excluding carboxylic acids is 1. The Balaban J connectivity index is 1.39. The molecule has 174 valence electrons. The van der Waals surface area contributed by atoms with Crippen LogP contribution < -0.4 is 25.4 Å². The van der Waals surface area contributed by atoms with Crippen molar-refractivity contribution in [3.63, 3.8) is 0 Å². The first-order valence-electron chi connectivity index (χ1n) is 9.74. The van der Waals surface area contributed by atoms with Crippen molar-refractivity contribution in [2.45, 2.75) is 0 Å². The second-order valence-electron chi connectivity index (χ2n) is 6.76. The molecule has 9 nitrogen and oxygen atoms in total. The van der Waals surface area contributed by atoms with Crippen LogP contribution in [0.25, 0.3) is 10.4 Å². The van der Waals surface area contributed by atoms with Gasteiger partial charge in [0.25, 0.3) is 5.91 Å². The zero-order valence-corrected chi connectivity index (χ0v) is 20.3. The van der Waals surface area contributed by atoms with Gasteiger partial charge < -0.3 is 29.8 Å². The predicted octanol–water partition coefficient (Wildman–Crippen LogP) is 5.53. The molecular formula is C22H18ClN5O4S2. The smallest absolute Gasteiger partial charge is 0.277 e. The molecule has 4 aromatic rings. The Morgan fingerprint density at radius 2 is 1.74 bits per heavy atom. The SMILES string of the molecule is COc1cc(OC)c(NC(=S)Nc2ccc(NC(=O)c3nnsc3-c3ccoc3)cc2)cc1Cl. The van der Waals surface area contributed by atoms with Crippen LogP contribution in [-0.4, -0.2) is 34.8 Å². The van der Waals surface area contributed by atoms with E-state index in [-0.39, 0.29) is 11.6 Å². The van der Waals surface area contributed by atoms with E-state index in [1.807, 2.05) is 0 Å². The molecule has 1 amide bonds. The number of furan rings is 1. The summed E-state index contributed by atoms with van der Waals surface area (Å²) in [5.41, 5.74) is 2.86. The molecule has 0 unspecified atom stereocenters. The third-order valence-corrected chi connectivity index (χ3v) is 5.88. The van der Waals surface area contributed by atoms with Crippen molar-refractivity contribution in [3.8, 4) is 21.9 Å². The Kier molecular flexibility index (Phi) is 7.26. The normalized spacial score (nSPS) is 10.4. The molecule has 3 N–H and O–H groups in total. The summed E-state index contributed by atoms with van der Waals surface area (Å²) in [5, 5.41) is 13.6. The Morgan fingerprint density at radius 1 is 1.03 bits per heavy atom. The maximum atomic E-state index is 12.7. The van der Waals surface area contributed by atoms with Crippen LogP contribution in [0, 0.1) is 0 Å². The quantitative estimate of drug-likeness (QED) is 0.273. The molecule has 4 rings (SSSR count). The fraction of sp³-hybridized carbons (Fsp3) is 0.0909. The van der Waals surface area contributed by atoms with E-state index >= 15 is 0 Å². The van der Waals surface area contributed by atoms with E-state index in [0.717, 1.165) is 17.1 Å². The van der Waals surface area contributed by atoms with Crippen molar-refractivity contribution in [1.82, 2.24) is 9.59 Å². The molecule has 0 aliphatic carbocycles. The van der Waals surface area contributed by atoms with Gasteiger partial charge in [-0.3, -0.25) is 4.79 Å². The Morgan fingerprint density at radius 3 is 2.38 bits per heavy atom. The summed E-state index contributed by atoms with van der Waals surface area (Å²) in [4.78, 5) is 13.3. The molecule has 0 atom stereocenters. The van der Waals surface area contributed by atoms with Crippen LogP contribution in [0.15, 0.2) is 59.4 Å². The zero-order chi connectivity index (χ0) is 24.1. The largest absolute Gasteiger partial charge is 0.495 e. The number of nitrogens with zero attached hydrogens (tertiary/aromatic N) is 2. The second-order valence-corrected chi connectivity index (χ2v) is 8.33. The predicted molar refractivity (Wildman–Crippen MR) is 136 cm³/mol. The van der Waals surface area contributed by atoms with Gasteiger partial charge in [-0.15, -0.1) is 5.10 Å². The highest BCUT2D eigenvalue weighted by atomic mass is 35.5. The number of amides is 1. The molecule has 0 spiro atoms. The van der Waals surface area contributed by atoms with Crippen molar-refractivity contribution in [2.75, 3.05) is 30.2 Å². The molecule has 0 bridgehead atoms. The van der Waals surface area contributed by atoms with E-state index in [1.54, 1.807) is 48.7 Å². The van der Waals surface area contributed by atoms with Gasteiger partial charge in [0.2, 0.25) is 0 Å². The van der Waals surface area contributed by atoms with Crippen LogP contribution in [0.1, 0.15) is 10.5 Å². The molecule has 0 radical (unpaired) electrons. The van der Waals surface area contributed by atoms with Gasteiger partial charge >= 0.3 is 0 Å². The van der Waals surface area contributed by atoms with Crippen molar-refractivity contribution in [2.24, 2.45) is 0 Å². The lowest BCUT2D eigenvalue weighted by Crippen LogP contribution is -2.19. The molecule has 0 saturated carbocycles. The first-order valence-corrected chi connectivity index (χ1v) is 11.3. The van der Waals surface area contributed by atoms with Crippen molar-refractivity contribution >= 4 is 63.4 Å². The molecule has 34 heavy (non-hydrogen) atoms. The van der Waals surface area contributed by atoms with Gasteiger partial charge in [0.1, 0.15) is 11.5 Å². The second kappa shape index (κ2) is 10.5. The van der Waals surface area contributed by atoms with E-state index in [0.29, 0.717) is 43.6 Å². The maximum absolute atomic E-state index is 12.7. The first-order chi connectivity index (χ1) is 16.5. The van der Waals surface area contributed by atoms with Gasteiger partial charge in [-0.05, 0) is 60.1 Å². The van der Waals surface area contributed by atoms with Crippen molar-refractivity contribution in [1.29, 1.82) is 0 Å². The number of aromatic nitrogens is 2. The maximum Gasteiger partial charge on any atom is 0.277 e. The van der Waals surface area contributed by atoms with E-state index < -0.39 is 0 Å². The highest BCUT2D eigenvalue weighted by molar-refractivity contribution is 7.80. The number of carbonyl (C=O) groups is 1. The minimum Gasteiger partial charge on any atom is -0.495 e. The third kappa shape index (κ3) is 5.28. The lowest BCUT2D eigenvalue weighted by Gasteiger charge is -2.15. The van der Waals surface area contributed by atoms with Gasteiger partial charge in [0.05, 0.1) is 42.3 Å². The number of benzene rings is 2. The fourth-order valence-electron chi connectivity index (χ4n) is 2.99. The lowest BCUT2D eigenvalue weighted by atomic mass is 10.2. The molecular weight excluding hydrogens is 498 g/mol. The van der Waals surface area contributed by atoms with Crippen molar-refractivity contribution < 1.29 is 18.7 Å². The summed E-state index contributed by atoms with van der Waals surface area (Å²) in [6.07, 6.45) is 3.07. The molecule has 0 aliphatic rings. The highest BCUT2D eigenvalue weighted by Gasteiger charge is 2.19. The molecule has 2 aromatic carbocycles. The number of anilines is 3. The van der Waals surface area contributed by atoms with Gasteiger partial charge in [-0.25, -0.2) is 0 Å². The molecule has 0 saturated heterocycles. The number of thiocarbonyl (C=S) groups is 1. The standard InChI is InChI=1S/C22H18ClN5O4S2/c1-30-17-10-18(31-2)16(9-15(17)23)26-22(33)25-14-5-3-13(4-6-14)24-21(29)19-20(34-28-27-19)12-7-8-32-11-12/h3-11H,1-2H3,(H,24,29)(H2,25,26,33). The van der Waals surface area contributed by atoms with Crippen LogP contribution in [0.2, 0.25) is 5.02 Å². The lowest BCUT2D eigenvalue weighted by molar-refractivity contribution is 0.102. The summed E-state index contributed by atoms with van der Waals surface area (Å²) in [7, 11) is 3.06. The van der Waals surface area contributed by atoms with Gasteiger partial charge in [-0.1, -0.05) is 16.1 Å². The summed E-state index contributed by atoms with van der Waals surface area (Å²) in [6, 6.07) is 12.1. The average Bonchev–Trinajstić information content (AvgIpc) is 3.52. The van der Waals surface area contributed by atoms with Crippen LogP contribution >= 0.6 is 35.4 Å². The molecule has 0 aliphatic heterocycles. The van der Waals surface area contributed by atoms with Crippen LogP contribution in [-0.2, 0) is 0 Å². The molecule has 12 heteroatoms. The third-order valence-electron chi connectivity index (χ3n) is 4.61. The minimum absolute atomic E-state index is 0.228. The van der Waals surface area contributed by atoms with E-state index in [1.165, 1.54) is 20.5 Å². The van der Waals surface area contributed by atoms with Crippen LogP contribution in [0.4, 0.5) is 17.1 Å². The van der Waals surface area contributed by atoms with E-state index in [4.69, 9.17) is 37.7 Å². The summed E-state index contributed by atoms with van der Waals surface area (Å²) < 4.78 is 19.5. The van der Waals surface area contributed by atoms with E-state index in [9.17, 15) is 4.79 Å². The summed E-state index contributed by atoms with van der Waals surface area (Å²) in [5.74, 6) is 0.645. The number of halogens is 1. The Bertz CT molecular complexity index is 1310. The highest BCUT2D eigenvalue weighted by Crippen LogP contribution is 2.36. The van der Waals surface area contributed by atoms with Crippen LogP contribution in [0.5, 0.6) is 11.5 Å². The average molecular weight is 516 g/mol. The number of nitrogens with one attached hydrogen (secondary N) is 3. The summed E-state index contributed by atoms with van der Waals surface area (Å²) in [6.45, 7) is 0. The Labute approximate surface area is 209 Å². The van der Waals surface area contributed by atoms with Gasteiger partial charge in [0.15, 0.2) is 10.8 Å². The molecule has 2 heterocycles. The Hall–Kier alpha value is -3.67.